The maximum atomic E-state index is 12.4. The average Bonchev–Trinajstić information content (AvgIpc) is 3.01. The smallest absolute Gasteiger partial charge is 0.310 e. The molecule has 0 unspecified atom stereocenters. The Hall–Kier alpha value is -1.44. The van der Waals surface area contributed by atoms with Crippen LogP contribution in [0.3, 0.4) is 0 Å². The van der Waals surface area contributed by atoms with Gasteiger partial charge in [-0.15, -0.1) is 0 Å². The van der Waals surface area contributed by atoms with Gasteiger partial charge in [-0.1, -0.05) is 12.2 Å². The number of likely N-dealkylation sites (N-methyl/N-ethyl adjacent to an activating group) is 1. The molecule has 20 heavy (non-hydrogen) atoms. The summed E-state index contributed by atoms with van der Waals surface area (Å²) in [5.41, 5.74) is 2.84. The third kappa shape index (κ3) is 2.32. The van der Waals surface area contributed by atoms with Gasteiger partial charge in [-0.25, -0.2) is 5.01 Å². The molecule has 0 aromatic heterocycles. The van der Waals surface area contributed by atoms with E-state index in [9.17, 15) is 14.7 Å². The Morgan fingerprint density at radius 1 is 1.15 bits per heavy atom. The van der Waals surface area contributed by atoms with Gasteiger partial charge in [0.2, 0.25) is 5.91 Å². The zero-order valence-corrected chi connectivity index (χ0v) is 11.4. The first-order chi connectivity index (χ1) is 9.56. The summed E-state index contributed by atoms with van der Waals surface area (Å²) < 4.78 is 5.51. The number of ether oxygens (including phenoxy) is 1. The minimum Gasteiger partial charge on any atom is -0.481 e. The van der Waals surface area contributed by atoms with Gasteiger partial charge < -0.3 is 14.7 Å². The lowest BCUT2D eigenvalue weighted by Crippen LogP contribution is -2.55. The number of amides is 1. The minimum atomic E-state index is -0.972. The molecule has 4 atom stereocenters. The maximum absolute atomic E-state index is 12.4. The molecular formula is C13H19N3O4. The molecule has 1 amide bonds. The van der Waals surface area contributed by atoms with Gasteiger partial charge in [0.1, 0.15) is 5.92 Å². The second-order valence-electron chi connectivity index (χ2n) is 5.61. The van der Waals surface area contributed by atoms with Crippen LogP contribution in [-0.2, 0) is 14.3 Å². The Balaban J connectivity index is 1.64. The van der Waals surface area contributed by atoms with Crippen LogP contribution in [0.2, 0.25) is 0 Å². The first kappa shape index (κ1) is 13.5. The Bertz CT molecular complexity index is 445. The molecule has 7 heteroatoms. The lowest BCUT2D eigenvalue weighted by Gasteiger charge is -2.33. The number of rotatable bonds is 3. The van der Waals surface area contributed by atoms with Crippen LogP contribution in [0.5, 0.6) is 0 Å². The van der Waals surface area contributed by atoms with Gasteiger partial charge in [-0.3, -0.25) is 15.0 Å². The number of hydrogen-bond acceptors (Lipinski definition) is 5. The zero-order valence-electron chi connectivity index (χ0n) is 11.4. The maximum Gasteiger partial charge on any atom is 0.310 e. The summed E-state index contributed by atoms with van der Waals surface area (Å²) in [6.45, 7) is 3.26. The second kappa shape index (κ2) is 5.16. The van der Waals surface area contributed by atoms with Gasteiger partial charge in [0.15, 0.2) is 0 Å². The zero-order chi connectivity index (χ0) is 14.3. The van der Waals surface area contributed by atoms with Crippen molar-refractivity contribution < 1.29 is 19.4 Å². The predicted octanol–water partition coefficient (Wildman–Crippen LogP) is -1.08. The number of hydrazine groups is 1. The summed E-state index contributed by atoms with van der Waals surface area (Å²) in [6, 6.07) is 0. The van der Waals surface area contributed by atoms with E-state index in [4.69, 9.17) is 4.74 Å². The minimum absolute atomic E-state index is 0.251. The highest BCUT2D eigenvalue weighted by Crippen LogP contribution is 2.39. The van der Waals surface area contributed by atoms with Gasteiger partial charge in [0.05, 0.1) is 18.1 Å². The third-order valence-electron chi connectivity index (χ3n) is 4.26. The van der Waals surface area contributed by atoms with E-state index in [0.717, 1.165) is 26.2 Å². The highest BCUT2D eigenvalue weighted by Gasteiger charge is 2.53. The molecule has 0 radical (unpaired) electrons. The number of carbonyl (C=O) groups is 2. The SMILES string of the molecule is CN1CCN(NC(=O)[C@H]2[C@@H](C(=O)O)[C@@H]3C=C[C@@H]2O3)CC1. The monoisotopic (exact) mass is 281 g/mol. The lowest BCUT2D eigenvalue weighted by atomic mass is 9.82. The van der Waals surface area contributed by atoms with Crippen LogP contribution in [-0.4, -0.2) is 72.3 Å². The second-order valence-corrected chi connectivity index (χ2v) is 5.61. The molecule has 0 aromatic rings. The predicted molar refractivity (Wildman–Crippen MR) is 69.6 cm³/mol. The van der Waals surface area contributed by atoms with Crippen molar-refractivity contribution in [1.29, 1.82) is 0 Å². The fraction of sp³-hybridized carbons (Fsp3) is 0.692. The average molecular weight is 281 g/mol. The molecule has 2 saturated heterocycles. The molecule has 2 bridgehead atoms. The molecular weight excluding hydrogens is 262 g/mol. The van der Waals surface area contributed by atoms with Crippen molar-refractivity contribution in [3.05, 3.63) is 12.2 Å². The van der Waals surface area contributed by atoms with Crippen molar-refractivity contribution in [1.82, 2.24) is 15.3 Å². The Labute approximate surface area is 117 Å². The van der Waals surface area contributed by atoms with Crippen LogP contribution in [0.25, 0.3) is 0 Å². The fourth-order valence-electron chi connectivity index (χ4n) is 3.06. The topological polar surface area (TPSA) is 82.1 Å². The molecule has 0 saturated carbocycles. The summed E-state index contributed by atoms with van der Waals surface area (Å²) in [5, 5.41) is 11.1. The van der Waals surface area contributed by atoms with Crippen LogP contribution < -0.4 is 5.43 Å². The van der Waals surface area contributed by atoms with Crippen LogP contribution in [0, 0.1) is 11.8 Å². The number of carboxylic acid groups (broad SMARTS) is 1. The summed E-state index contributed by atoms with van der Waals surface area (Å²) in [4.78, 5) is 25.9. The largest absolute Gasteiger partial charge is 0.481 e. The van der Waals surface area contributed by atoms with Crippen molar-refractivity contribution in [3.8, 4) is 0 Å². The van der Waals surface area contributed by atoms with E-state index in [1.807, 2.05) is 12.1 Å². The van der Waals surface area contributed by atoms with Crippen molar-refractivity contribution in [2.75, 3.05) is 33.2 Å². The molecule has 7 nitrogen and oxygen atoms in total. The summed E-state index contributed by atoms with van der Waals surface area (Å²) in [6.07, 6.45) is 2.65. The van der Waals surface area contributed by atoms with Crippen molar-refractivity contribution in [3.63, 3.8) is 0 Å². The van der Waals surface area contributed by atoms with Crippen molar-refractivity contribution >= 4 is 11.9 Å². The first-order valence-electron chi connectivity index (χ1n) is 6.87. The van der Waals surface area contributed by atoms with Gasteiger partial charge in [-0.05, 0) is 7.05 Å². The summed E-state index contributed by atoms with van der Waals surface area (Å²) in [5.74, 6) is -2.64. The van der Waals surface area contributed by atoms with Crippen molar-refractivity contribution in [2.45, 2.75) is 12.2 Å². The van der Waals surface area contributed by atoms with Crippen LogP contribution in [0.4, 0.5) is 0 Å². The number of piperazine rings is 1. The molecule has 2 fully saturated rings. The van der Waals surface area contributed by atoms with Gasteiger partial charge in [0.25, 0.3) is 0 Å². The quantitative estimate of drug-likeness (QED) is 0.640. The van der Waals surface area contributed by atoms with E-state index in [2.05, 4.69) is 10.3 Å². The van der Waals surface area contributed by atoms with E-state index in [1.54, 1.807) is 12.2 Å². The van der Waals surface area contributed by atoms with E-state index >= 15 is 0 Å². The van der Waals surface area contributed by atoms with E-state index in [-0.39, 0.29) is 5.91 Å². The van der Waals surface area contributed by atoms with Gasteiger partial charge >= 0.3 is 5.97 Å². The number of carboxylic acids is 1. The number of hydrogen-bond donors (Lipinski definition) is 2. The van der Waals surface area contributed by atoms with Crippen molar-refractivity contribution in [2.24, 2.45) is 11.8 Å². The molecule has 0 aliphatic carbocycles. The van der Waals surface area contributed by atoms with Gasteiger partial charge in [0, 0.05) is 26.2 Å². The molecule has 3 aliphatic heterocycles. The van der Waals surface area contributed by atoms with Crippen LogP contribution >= 0.6 is 0 Å². The van der Waals surface area contributed by atoms with Crippen LogP contribution in [0.1, 0.15) is 0 Å². The number of carbonyl (C=O) groups excluding carboxylic acids is 1. The Kier molecular flexibility index (Phi) is 3.49. The van der Waals surface area contributed by atoms with Gasteiger partial charge in [-0.2, -0.15) is 0 Å². The summed E-state index contributed by atoms with van der Waals surface area (Å²) >= 11 is 0. The molecule has 3 heterocycles. The normalized spacial score (nSPS) is 37.2. The molecule has 3 rings (SSSR count). The lowest BCUT2D eigenvalue weighted by molar-refractivity contribution is -0.148. The molecule has 3 aliphatic rings. The first-order valence-corrected chi connectivity index (χ1v) is 6.87. The highest BCUT2D eigenvalue weighted by atomic mass is 16.5. The Morgan fingerprint density at radius 3 is 2.35 bits per heavy atom. The standard InChI is InChI=1S/C13H19N3O4/c1-15-4-6-16(7-5-15)14-12(17)10-8-2-3-9(20-8)11(10)13(18)19/h2-3,8-11H,4-7H2,1H3,(H,14,17)(H,18,19)/t8-,9-,10+,11-/m0/s1. The molecule has 110 valence electrons. The van der Waals surface area contributed by atoms with Crippen LogP contribution in [0.15, 0.2) is 12.2 Å². The number of fused-ring (bicyclic) bond motifs is 2. The third-order valence-corrected chi connectivity index (χ3v) is 4.26. The number of nitrogens with one attached hydrogen (secondary N) is 1. The highest BCUT2D eigenvalue weighted by molar-refractivity contribution is 5.87. The van der Waals surface area contributed by atoms with E-state index in [1.165, 1.54) is 0 Å². The Morgan fingerprint density at radius 2 is 1.75 bits per heavy atom. The molecule has 2 N–H and O–H groups in total. The number of nitrogens with zero attached hydrogens (tertiary/aromatic N) is 2. The van der Waals surface area contributed by atoms with E-state index < -0.39 is 30.0 Å². The fourth-order valence-corrected chi connectivity index (χ4v) is 3.06. The molecule has 0 aromatic carbocycles. The van der Waals surface area contributed by atoms with E-state index in [0.29, 0.717) is 0 Å². The summed E-state index contributed by atoms with van der Waals surface area (Å²) in [7, 11) is 2.04. The number of aliphatic carboxylic acids is 1. The molecule has 0 spiro atoms.